The molecule has 0 unspecified atom stereocenters. The quantitative estimate of drug-likeness (QED) is 0.677. The molecule has 3 heterocycles. The van der Waals surface area contributed by atoms with E-state index in [-0.39, 0.29) is 5.91 Å². The van der Waals surface area contributed by atoms with E-state index in [2.05, 4.69) is 30.8 Å². The number of piperazine rings is 1. The summed E-state index contributed by atoms with van der Waals surface area (Å²) >= 11 is 3.43. The summed E-state index contributed by atoms with van der Waals surface area (Å²) in [7, 11) is 0. The van der Waals surface area contributed by atoms with Gasteiger partial charge in [-0.2, -0.15) is 0 Å². The van der Waals surface area contributed by atoms with Gasteiger partial charge in [0.15, 0.2) is 5.76 Å². The largest absolute Gasteiger partial charge is 0.451 e. The van der Waals surface area contributed by atoms with Crippen LogP contribution in [-0.4, -0.2) is 47.0 Å². The Kier molecular flexibility index (Phi) is 3.93. The molecule has 0 N–H and O–H groups in total. The second-order valence-electron chi connectivity index (χ2n) is 5.62. The fourth-order valence-corrected chi connectivity index (χ4v) is 3.22. The Labute approximate surface area is 147 Å². The van der Waals surface area contributed by atoms with Crippen LogP contribution in [-0.2, 0) is 0 Å². The molecule has 1 saturated heterocycles. The third-order valence-electron chi connectivity index (χ3n) is 4.09. The van der Waals surface area contributed by atoms with E-state index in [4.69, 9.17) is 4.42 Å². The van der Waals surface area contributed by atoms with E-state index >= 15 is 0 Å². The minimum Gasteiger partial charge on any atom is -0.451 e. The smallest absolute Gasteiger partial charge is 0.289 e. The molecule has 1 aliphatic heterocycles. The summed E-state index contributed by atoms with van der Waals surface area (Å²) in [4.78, 5) is 25.1. The third-order valence-corrected chi connectivity index (χ3v) is 4.58. The second-order valence-corrected chi connectivity index (χ2v) is 6.54. The highest BCUT2D eigenvalue weighted by molar-refractivity contribution is 9.10. The van der Waals surface area contributed by atoms with Crippen LogP contribution in [0.1, 0.15) is 10.6 Å². The minimum atomic E-state index is -0.0732. The lowest BCUT2D eigenvalue weighted by Gasteiger charge is -2.34. The highest BCUT2D eigenvalue weighted by Gasteiger charge is 2.25. The molecular formula is C17H15BrN4O2. The fourth-order valence-electron chi connectivity index (χ4n) is 2.84. The summed E-state index contributed by atoms with van der Waals surface area (Å²) in [5, 5.41) is 0.920. The molecule has 0 radical (unpaired) electrons. The van der Waals surface area contributed by atoms with Crippen LogP contribution in [0, 0.1) is 0 Å². The monoisotopic (exact) mass is 386 g/mol. The van der Waals surface area contributed by atoms with Crippen molar-refractivity contribution in [2.45, 2.75) is 0 Å². The lowest BCUT2D eigenvalue weighted by atomic mass is 10.2. The lowest BCUT2D eigenvalue weighted by Crippen LogP contribution is -2.49. The van der Waals surface area contributed by atoms with E-state index in [1.165, 1.54) is 0 Å². The topological polar surface area (TPSA) is 62.5 Å². The first-order valence-corrected chi connectivity index (χ1v) is 8.50. The molecule has 0 aliphatic carbocycles. The first-order valence-electron chi connectivity index (χ1n) is 7.71. The Morgan fingerprint density at radius 2 is 1.83 bits per heavy atom. The number of hydrogen-bond acceptors (Lipinski definition) is 5. The lowest BCUT2D eigenvalue weighted by molar-refractivity contribution is 0.0716. The van der Waals surface area contributed by atoms with Gasteiger partial charge in [0, 0.05) is 48.4 Å². The molecule has 1 aromatic carbocycles. The van der Waals surface area contributed by atoms with Crippen molar-refractivity contribution in [2.75, 3.05) is 31.1 Å². The first kappa shape index (κ1) is 15.1. The molecule has 4 rings (SSSR count). The second kappa shape index (κ2) is 6.24. The molecule has 1 amide bonds. The van der Waals surface area contributed by atoms with Crippen molar-refractivity contribution in [1.29, 1.82) is 0 Å². The Bertz CT molecular complexity index is 873. The predicted octanol–water partition coefficient (Wildman–Crippen LogP) is 2.95. The molecule has 0 bridgehead atoms. The van der Waals surface area contributed by atoms with Crippen LogP contribution in [0.5, 0.6) is 0 Å². The van der Waals surface area contributed by atoms with Crippen LogP contribution in [0.4, 0.5) is 5.95 Å². The maximum absolute atomic E-state index is 12.7. The number of nitrogens with zero attached hydrogens (tertiary/aromatic N) is 4. The van der Waals surface area contributed by atoms with E-state index in [1.54, 1.807) is 24.5 Å². The first-order chi connectivity index (χ1) is 11.7. The maximum atomic E-state index is 12.7. The zero-order chi connectivity index (χ0) is 16.5. The van der Waals surface area contributed by atoms with Crippen molar-refractivity contribution in [3.8, 4) is 0 Å². The molecule has 122 valence electrons. The van der Waals surface area contributed by atoms with Gasteiger partial charge in [-0.3, -0.25) is 4.79 Å². The number of hydrogen-bond donors (Lipinski definition) is 0. The molecule has 2 aromatic heterocycles. The zero-order valence-electron chi connectivity index (χ0n) is 12.9. The van der Waals surface area contributed by atoms with Crippen LogP contribution in [0.2, 0.25) is 0 Å². The van der Waals surface area contributed by atoms with Gasteiger partial charge < -0.3 is 14.2 Å². The average Bonchev–Trinajstić information content (AvgIpc) is 3.05. The standard InChI is InChI=1S/C17H15BrN4O2/c18-13-2-3-14-12(10-13)11-15(24-14)16(23)21-6-8-22(9-7-21)17-19-4-1-5-20-17/h1-5,10-11H,6-9H2. The van der Waals surface area contributed by atoms with Gasteiger partial charge in [-0.25, -0.2) is 9.97 Å². The Balaban J connectivity index is 1.47. The molecule has 0 atom stereocenters. The maximum Gasteiger partial charge on any atom is 0.289 e. The third kappa shape index (κ3) is 2.87. The molecule has 6 nitrogen and oxygen atoms in total. The minimum absolute atomic E-state index is 0.0732. The summed E-state index contributed by atoms with van der Waals surface area (Å²) in [6.45, 7) is 2.67. The van der Waals surface area contributed by atoms with E-state index in [0.29, 0.717) is 37.9 Å². The number of aromatic nitrogens is 2. The van der Waals surface area contributed by atoms with Gasteiger partial charge >= 0.3 is 0 Å². The summed E-state index contributed by atoms with van der Waals surface area (Å²) in [6, 6.07) is 9.30. The van der Waals surface area contributed by atoms with Gasteiger partial charge in [0.1, 0.15) is 5.58 Å². The number of carbonyl (C=O) groups is 1. The summed E-state index contributed by atoms with van der Waals surface area (Å²) in [5.74, 6) is 1.02. The SMILES string of the molecule is O=C(c1cc2cc(Br)ccc2o1)N1CCN(c2ncccn2)CC1. The molecule has 1 aliphatic rings. The van der Waals surface area contributed by atoms with E-state index in [1.807, 2.05) is 23.1 Å². The Morgan fingerprint density at radius 1 is 1.08 bits per heavy atom. The van der Waals surface area contributed by atoms with Gasteiger partial charge in [-0.1, -0.05) is 15.9 Å². The summed E-state index contributed by atoms with van der Waals surface area (Å²) in [5.41, 5.74) is 0.720. The van der Waals surface area contributed by atoms with Gasteiger partial charge in [-0.15, -0.1) is 0 Å². The molecule has 1 fully saturated rings. The average molecular weight is 387 g/mol. The molecule has 7 heteroatoms. The normalized spacial score (nSPS) is 15.0. The van der Waals surface area contributed by atoms with Crippen LogP contribution in [0.15, 0.2) is 51.6 Å². The molecule has 24 heavy (non-hydrogen) atoms. The van der Waals surface area contributed by atoms with Crippen molar-refractivity contribution < 1.29 is 9.21 Å². The van der Waals surface area contributed by atoms with Crippen LogP contribution in [0.3, 0.4) is 0 Å². The fraction of sp³-hybridized carbons (Fsp3) is 0.235. The predicted molar refractivity (Wildman–Crippen MR) is 94.1 cm³/mol. The van der Waals surface area contributed by atoms with E-state index in [0.717, 1.165) is 15.4 Å². The highest BCUT2D eigenvalue weighted by Crippen LogP contribution is 2.24. The number of fused-ring (bicyclic) bond motifs is 1. The van der Waals surface area contributed by atoms with Crippen molar-refractivity contribution in [3.05, 3.63) is 53.0 Å². The Hall–Kier alpha value is -2.41. The zero-order valence-corrected chi connectivity index (χ0v) is 14.4. The number of halogens is 1. The molecule has 0 saturated carbocycles. The van der Waals surface area contributed by atoms with E-state index in [9.17, 15) is 4.79 Å². The van der Waals surface area contributed by atoms with Crippen molar-refractivity contribution in [2.24, 2.45) is 0 Å². The van der Waals surface area contributed by atoms with Crippen molar-refractivity contribution in [3.63, 3.8) is 0 Å². The number of carbonyl (C=O) groups excluding carboxylic acids is 1. The van der Waals surface area contributed by atoms with Crippen molar-refractivity contribution in [1.82, 2.24) is 14.9 Å². The molecule has 0 spiro atoms. The Morgan fingerprint density at radius 3 is 2.58 bits per heavy atom. The molecule has 3 aromatic rings. The van der Waals surface area contributed by atoms with Gasteiger partial charge in [-0.05, 0) is 30.3 Å². The summed E-state index contributed by atoms with van der Waals surface area (Å²) < 4.78 is 6.66. The number of anilines is 1. The van der Waals surface area contributed by atoms with E-state index < -0.39 is 0 Å². The van der Waals surface area contributed by atoms with Crippen LogP contribution >= 0.6 is 15.9 Å². The van der Waals surface area contributed by atoms with Crippen LogP contribution < -0.4 is 4.90 Å². The number of amides is 1. The van der Waals surface area contributed by atoms with Crippen LogP contribution in [0.25, 0.3) is 11.0 Å². The van der Waals surface area contributed by atoms with Crippen molar-refractivity contribution >= 4 is 38.8 Å². The number of furan rings is 1. The highest BCUT2D eigenvalue weighted by atomic mass is 79.9. The molecular weight excluding hydrogens is 372 g/mol. The van der Waals surface area contributed by atoms with Gasteiger partial charge in [0.05, 0.1) is 0 Å². The van der Waals surface area contributed by atoms with Gasteiger partial charge in [0.2, 0.25) is 5.95 Å². The summed E-state index contributed by atoms with van der Waals surface area (Å²) in [6.07, 6.45) is 3.46. The number of rotatable bonds is 2. The van der Waals surface area contributed by atoms with Gasteiger partial charge in [0.25, 0.3) is 5.91 Å². The number of benzene rings is 1.